The van der Waals surface area contributed by atoms with Gasteiger partial charge >= 0.3 is 0 Å². The van der Waals surface area contributed by atoms with E-state index in [0.29, 0.717) is 12.5 Å². The molecular weight excluding hydrogens is 715 g/mol. The van der Waals surface area contributed by atoms with Crippen molar-refractivity contribution in [2.75, 3.05) is 94.6 Å². The molecule has 5 N–H and O–H groups in total. The topological polar surface area (TPSA) is 130 Å². The van der Waals surface area contributed by atoms with E-state index in [0.717, 1.165) is 110 Å². The summed E-state index contributed by atoms with van der Waals surface area (Å²) in [6.45, 7) is 9.01. The minimum absolute atomic E-state index is 0.0689. The first-order valence-corrected chi connectivity index (χ1v) is 21.5. The van der Waals surface area contributed by atoms with Gasteiger partial charge in [-0.05, 0) is 138 Å². The number of nitrogens with one attached hydrogen (secondary N) is 3. The van der Waals surface area contributed by atoms with Crippen LogP contribution in [0.3, 0.4) is 0 Å². The normalized spacial score (nSPS) is 18.4. The average Bonchev–Trinajstić information content (AvgIpc) is 3.88. The predicted molar refractivity (Wildman–Crippen MR) is 234 cm³/mol. The second-order valence-corrected chi connectivity index (χ2v) is 16.4. The lowest BCUT2D eigenvalue weighted by atomic mass is 10.1. The SMILES string of the molecule is CNCCC[C@H](N)C(=O)N1CCC[C@H]1CN(C)CCc1ccccc1.CNCCC[C@H](NC(=O)[C@H](C)N(C)C)C(=O)N1CCC[C@H]1CN(C)CCc1ccccc1. The molecule has 12 nitrogen and oxygen atoms in total. The predicted octanol–water partition coefficient (Wildman–Crippen LogP) is 3.07. The summed E-state index contributed by atoms with van der Waals surface area (Å²) in [7, 11) is 11.9. The molecule has 2 fully saturated rings. The van der Waals surface area contributed by atoms with Crippen LogP contribution in [0.2, 0.25) is 0 Å². The largest absolute Gasteiger partial charge is 0.343 e. The molecule has 320 valence electrons. The first kappa shape index (κ1) is 48.0. The molecule has 0 radical (unpaired) electrons. The highest BCUT2D eigenvalue weighted by Crippen LogP contribution is 2.22. The lowest BCUT2D eigenvalue weighted by Crippen LogP contribution is -2.54. The van der Waals surface area contributed by atoms with E-state index in [1.54, 1.807) is 0 Å². The Kier molecular flexibility index (Phi) is 22.4. The fraction of sp³-hybridized carbons (Fsp3) is 0.667. The van der Waals surface area contributed by atoms with Gasteiger partial charge in [0.25, 0.3) is 0 Å². The van der Waals surface area contributed by atoms with Gasteiger partial charge in [-0.2, -0.15) is 0 Å². The van der Waals surface area contributed by atoms with Crippen LogP contribution in [0.25, 0.3) is 0 Å². The quantitative estimate of drug-likeness (QED) is 0.126. The fourth-order valence-electron chi connectivity index (χ4n) is 7.77. The highest BCUT2D eigenvalue weighted by Gasteiger charge is 2.35. The first-order valence-electron chi connectivity index (χ1n) is 21.5. The minimum atomic E-state index is -0.464. The molecule has 2 heterocycles. The summed E-state index contributed by atoms with van der Waals surface area (Å²) in [6, 6.07) is 20.5. The number of carbonyl (C=O) groups excluding carboxylic acids is 3. The van der Waals surface area contributed by atoms with Crippen LogP contribution >= 0.6 is 0 Å². The van der Waals surface area contributed by atoms with Gasteiger partial charge in [0.05, 0.1) is 12.1 Å². The third-order valence-electron chi connectivity index (χ3n) is 11.6. The maximum atomic E-state index is 13.5. The highest BCUT2D eigenvalue weighted by molar-refractivity contribution is 5.90. The molecule has 0 bridgehead atoms. The van der Waals surface area contributed by atoms with E-state index in [9.17, 15) is 14.4 Å². The van der Waals surface area contributed by atoms with Crippen molar-refractivity contribution in [2.24, 2.45) is 5.73 Å². The van der Waals surface area contributed by atoms with Gasteiger partial charge in [0.15, 0.2) is 0 Å². The molecular formula is C45H77N9O3. The standard InChI is InChI=1S/C25H43N5O2.C20H34N4O/c1-20(28(3)4)24(31)27-23(14-9-16-26-2)25(32)30-17-10-13-22(30)19-29(5)18-15-21-11-7-6-8-12-21;1-22-13-6-11-19(21)20(25)24-14-7-10-18(24)16-23(2)15-12-17-8-4-3-5-9-17/h6-8,11-12,20,22-23,26H,9-10,13-19H2,1-5H3,(H,27,31);3-5,8-9,18-19,22H,6-7,10-16,21H2,1-2H3/t20-,22-,23-;18-,19-/m00/s1. The Morgan fingerprint density at radius 1 is 0.719 bits per heavy atom. The summed E-state index contributed by atoms with van der Waals surface area (Å²) in [5.41, 5.74) is 8.83. The molecule has 3 amide bonds. The number of nitrogens with zero attached hydrogens (tertiary/aromatic N) is 5. The van der Waals surface area contributed by atoms with Gasteiger partial charge in [-0.1, -0.05) is 60.7 Å². The molecule has 5 atom stereocenters. The Bertz CT molecular complexity index is 1420. The Balaban J connectivity index is 0.000000315. The summed E-state index contributed by atoms with van der Waals surface area (Å²) < 4.78 is 0. The number of nitrogens with two attached hydrogens (primary N) is 1. The van der Waals surface area contributed by atoms with Crippen molar-refractivity contribution in [3.8, 4) is 0 Å². The molecule has 0 aromatic heterocycles. The number of rotatable bonds is 23. The maximum absolute atomic E-state index is 13.5. The fourth-order valence-corrected chi connectivity index (χ4v) is 7.77. The second-order valence-electron chi connectivity index (χ2n) is 16.4. The zero-order chi connectivity index (χ0) is 41.6. The van der Waals surface area contributed by atoms with Crippen molar-refractivity contribution < 1.29 is 14.4 Å². The van der Waals surface area contributed by atoms with E-state index in [4.69, 9.17) is 5.73 Å². The molecule has 0 spiro atoms. The van der Waals surface area contributed by atoms with Crippen LogP contribution in [0.4, 0.5) is 0 Å². The summed E-state index contributed by atoms with van der Waals surface area (Å²) in [6.07, 6.45) is 9.46. The Morgan fingerprint density at radius 3 is 1.63 bits per heavy atom. The van der Waals surface area contributed by atoms with Gasteiger partial charge in [-0.3, -0.25) is 19.3 Å². The molecule has 0 unspecified atom stereocenters. The van der Waals surface area contributed by atoms with Crippen LogP contribution in [0, 0.1) is 0 Å². The second kappa shape index (κ2) is 26.6. The molecule has 2 aliphatic heterocycles. The smallest absolute Gasteiger partial charge is 0.245 e. The summed E-state index contributed by atoms with van der Waals surface area (Å²) in [4.78, 5) is 49.4. The molecule has 2 aliphatic rings. The molecule has 2 aromatic carbocycles. The molecule has 4 rings (SSSR count). The molecule has 12 heteroatoms. The zero-order valence-corrected chi connectivity index (χ0v) is 36.4. The van der Waals surface area contributed by atoms with Gasteiger partial charge in [-0.25, -0.2) is 0 Å². The van der Waals surface area contributed by atoms with Gasteiger partial charge in [0.1, 0.15) is 6.04 Å². The molecule has 2 saturated heterocycles. The molecule has 0 aliphatic carbocycles. The van der Waals surface area contributed by atoms with Gasteiger partial charge < -0.3 is 41.3 Å². The number of likely N-dealkylation sites (tertiary alicyclic amines) is 2. The number of carbonyl (C=O) groups is 3. The van der Waals surface area contributed by atoms with Crippen molar-refractivity contribution in [1.29, 1.82) is 0 Å². The van der Waals surface area contributed by atoms with E-state index >= 15 is 0 Å². The number of amides is 3. The zero-order valence-electron chi connectivity index (χ0n) is 36.4. The third-order valence-corrected chi connectivity index (χ3v) is 11.6. The van der Waals surface area contributed by atoms with Crippen molar-refractivity contribution in [3.05, 3.63) is 71.8 Å². The Morgan fingerprint density at radius 2 is 1.18 bits per heavy atom. The minimum Gasteiger partial charge on any atom is -0.343 e. The summed E-state index contributed by atoms with van der Waals surface area (Å²) >= 11 is 0. The molecule has 2 aromatic rings. The van der Waals surface area contributed by atoms with Crippen LogP contribution in [-0.4, -0.2) is 167 Å². The third kappa shape index (κ3) is 17.2. The van der Waals surface area contributed by atoms with E-state index in [1.807, 2.05) is 55.9 Å². The number of benzene rings is 2. The van der Waals surface area contributed by atoms with Gasteiger partial charge in [-0.15, -0.1) is 0 Å². The average molecular weight is 792 g/mol. The van der Waals surface area contributed by atoms with E-state index < -0.39 is 6.04 Å². The molecule has 0 saturated carbocycles. The Labute approximate surface area is 345 Å². The van der Waals surface area contributed by atoms with E-state index in [2.05, 4.69) is 94.4 Å². The van der Waals surface area contributed by atoms with Crippen LogP contribution in [-0.2, 0) is 27.2 Å². The van der Waals surface area contributed by atoms with Crippen molar-refractivity contribution in [2.45, 2.75) is 101 Å². The summed E-state index contributed by atoms with van der Waals surface area (Å²) in [5, 5.41) is 9.28. The number of hydrogen-bond donors (Lipinski definition) is 4. The maximum Gasteiger partial charge on any atom is 0.245 e. The van der Waals surface area contributed by atoms with Gasteiger partial charge in [0.2, 0.25) is 17.7 Å². The first-order chi connectivity index (χ1) is 27.4. The lowest BCUT2D eigenvalue weighted by Gasteiger charge is -2.32. The van der Waals surface area contributed by atoms with Crippen LogP contribution < -0.4 is 21.7 Å². The van der Waals surface area contributed by atoms with Crippen molar-refractivity contribution in [3.63, 3.8) is 0 Å². The Hall–Kier alpha value is -3.39. The monoisotopic (exact) mass is 792 g/mol. The lowest BCUT2D eigenvalue weighted by molar-refractivity contribution is -0.138. The summed E-state index contributed by atoms with van der Waals surface area (Å²) in [5.74, 6) is 0.114. The van der Waals surface area contributed by atoms with E-state index in [-0.39, 0.29) is 35.8 Å². The van der Waals surface area contributed by atoms with E-state index in [1.165, 1.54) is 11.1 Å². The van der Waals surface area contributed by atoms with Crippen molar-refractivity contribution in [1.82, 2.24) is 40.4 Å². The van der Waals surface area contributed by atoms with Crippen LogP contribution in [0.15, 0.2) is 60.7 Å². The van der Waals surface area contributed by atoms with Crippen molar-refractivity contribution >= 4 is 17.7 Å². The van der Waals surface area contributed by atoms with Crippen LogP contribution in [0.1, 0.15) is 69.4 Å². The number of hydrogen-bond acceptors (Lipinski definition) is 9. The number of likely N-dealkylation sites (N-methyl/N-ethyl adjacent to an activating group) is 3. The van der Waals surface area contributed by atoms with Gasteiger partial charge in [0, 0.05) is 51.4 Å². The highest BCUT2D eigenvalue weighted by atomic mass is 16.2. The van der Waals surface area contributed by atoms with Crippen LogP contribution in [0.5, 0.6) is 0 Å². The molecule has 57 heavy (non-hydrogen) atoms.